The highest BCUT2D eigenvalue weighted by Crippen LogP contribution is 2.24. The van der Waals surface area contributed by atoms with Crippen molar-refractivity contribution in [2.75, 3.05) is 12.4 Å². The van der Waals surface area contributed by atoms with Crippen molar-refractivity contribution in [1.29, 1.82) is 0 Å². The molecule has 5 nitrogen and oxygen atoms in total. The molecule has 2 amide bonds. The largest absolute Gasteiger partial charge is 0.497 e. The molecule has 0 aliphatic rings. The summed E-state index contributed by atoms with van der Waals surface area (Å²) in [5.41, 5.74) is 2.68. The average molecular weight is 339 g/mol. The van der Waals surface area contributed by atoms with Crippen molar-refractivity contribution in [2.24, 2.45) is 0 Å². The molecule has 122 valence electrons. The zero-order valence-corrected chi connectivity index (χ0v) is 14.0. The van der Waals surface area contributed by atoms with Gasteiger partial charge in [0.15, 0.2) is 0 Å². The Balaban J connectivity index is 1.59. The first-order valence-corrected chi connectivity index (χ1v) is 8.29. The molecule has 1 aromatic carbocycles. The molecule has 2 aromatic heterocycles. The number of hydrogen-bond acceptors (Lipinski definition) is 4. The van der Waals surface area contributed by atoms with Crippen LogP contribution < -0.4 is 15.4 Å². The van der Waals surface area contributed by atoms with E-state index in [-0.39, 0.29) is 6.03 Å². The van der Waals surface area contributed by atoms with Gasteiger partial charge in [0.25, 0.3) is 0 Å². The first-order valence-electron chi connectivity index (χ1n) is 7.41. The van der Waals surface area contributed by atoms with Crippen molar-refractivity contribution < 1.29 is 9.53 Å². The van der Waals surface area contributed by atoms with Gasteiger partial charge in [-0.3, -0.25) is 4.98 Å². The van der Waals surface area contributed by atoms with Crippen LogP contribution in [0, 0.1) is 0 Å². The SMILES string of the molecule is COc1cccc(NC(=O)NCc2cncc(-c3cccs3)c2)c1. The van der Waals surface area contributed by atoms with Gasteiger partial charge >= 0.3 is 6.03 Å². The van der Waals surface area contributed by atoms with Crippen molar-refractivity contribution in [2.45, 2.75) is 6.54 Å². The lowest BCUT2D eigenvalue weighted by Gasteiger charge is -2.09. The summed E-state index contributed by atoms with van der Waals surface area (Å²) in [7, 11) is 1.59. The number of pyridine rings is 1. The maximum absolute atomic E-state index is 12.0. The molecule has 6 heteroatoms. The second-order valence-electron chi connectivity index (χ2n) is 5.10. The number of carbonyl (C=O) groups is 1. The third-order valence-electron chi connectivity index (χ3n) is 3.38. The summed E-state index contributed by atoms with van der Waals surface area (Å²) in [5, 5.41) is 7.64. The Hall–Kier alpha value is -2.86. The molecule has 0 aliphatic carbocycles. The van der Waals surface area contributed by atoms with Gasteiger partial charge in [0.1, 0.15) is 5.75 Å². The average Bonchev–Trinajstić information content (AvgIpc) is 3.15. The number of aromatic nitrogens is 1. The summed E-state index contributed by atoms with van der Waals surface area (Å²) in [5.74, 6) is 0.695. The number of ether oxygens (including phenoxy) is 1. The van der Waals surface area contributed by atoms with Crippen LogP contribution in [0.1, 0.15) is 5.56 Å². The zero-order valence-electron chi connectivity index (χ0n) is 13.2. The van der Waals surface area contributed by atoms with Crippen molar-refractivity contribution in [3.8, 4) is 16.2 Å². The third kappa shape index (κ3) is 4.11. The van der Waals surface area contributed by atoms with Crippen molar-refractivity contribution >= 4 is 23.1 Å². The number of hydrogen-bond donors (Lipinski definition) is 2. The minimum Gasteiger partial charge on any atom is -0.497 e. The Morgan fingerprint density at radius 2 is 2.12 bits per heavy atom. The van der Waals surface area contributed by atoms with Gasteiger partial charge in [-0.05, 0) is 35.2 Å². The maximum Gasteiger partial charge on any atom is 0.319 e. The van der Waals surface area contributed by atoms with E-state index >= 15 is 0 Å². The lowest BCUT2D eigenvalue weighted by atomic mass is 10.2. The van der Waals surface area contributed by atoms with E-state index in [0.717, 1.165) is 16.0 Å². The molecule has 3 aromatic rings. The van der Waals surface area contributed by atoms with Crippen LogP contribution in [0.3, 0.4) is 0 Å². The Bertz CT molecular complexity index is 819. The lowest BCUT2D eigenvalue weighted by molar-refractivity contribution is 0.251. The molecule has 24 heavy (non-hydrogen) atoms. The monoisotopic (exact) mass is 339 g/mol. The smallest absolute Gasteiger partial charge is 0.319 e. The van der Waals surface area contributed by atoms with Gasteiger partial charge in [-0.25, -0.2) is 4.79 Å². The fraction of sp³-hybridized carbons (Fsp3) is 0.111. The zero-order chi connectivity index (χ0) is 16.8. The van der Waals surface area contributed by atoms with Crippen molar-refractivity contribution in [1.82, 2.24) is 10.3 Å². The summed E-state index contributed by atoms with van der Waals surface area (Å²) < 4.78 is 5.14. The second-order valence-corrected chi connectivity index (χ2v) is 6.05. The van der Waals surface area contributed by atoms with Crippen LogP contribution in [-0.4, -0.2) is 18.1 Å². The molecule has 2 N–H and O–H groups in total. The highest BCUT2D eigenvalue weighted by Gasteiger charge is 2.05. The Morgan fingerprint density at radius 1 is 1.21 bits per heavy atom. The lowest BCUT2D eigenvalue weighted by Crippen LogP contribution is -2.28. The van der Waals surface area contributed by atoms with Crippen LogP contribution in [-0.2, 0) is 6.54 Å². The van der Waals surface area contributed by atoms with Gasteiger partial charge in [0.05, 0.1) is 7.11 Å². The Morgan fingerprint density at radius 3 is 2.92 bits per heavy atom. The third-order valence-corrected chi connectivity index (χ3v) is 4.30. The maximum atomic E-state index is 12.0. The Kier molecular flexibility index (Phi) is 5.08. The molecule has 0 fully saturated rings. The second kappa shape index (κ2) is 7.61. The van der Waals surface area contributed by atoms with E-state index < -0.39 is 0 Å². The van der Waals surface area contributed by atoms with E-state index in [1.54, 1.807) is 36.8 Å². The number of amides is 2. The molecular weight excluding hydrogens is 322 g/mol. The highest BCUT2D eigenvalue weighted by atomic mass is 32.1. The molecule has 0 atom stereocenters. The van der Waals surface area contributed by atoms with Crippen LogP contribution >= 0.6 is 11.3 Å². The number of benzene rings is 1. The molecule has 0 bridgehead atoms. The van der Waals surface area contributed by atoms with Gasteiger partial charge in [-0.2, -0.15) is 0 Å². The number of carbonyl (C=O) groups excluding carboxylic acids is 1. The van der Waals surface area contributed by atoms with E-state index in [4.69, 9.17) is 4.74 Å². The number of nitrogens with zero attached hydrogens (tertiary/aromatic N) is 1. The quantitative estimate of drug-likeness (QED) is 0.734. The summed E-state index contributed by atoms with van der Waals surface area (Å²) in [6.45, 7) is 0.405. The number of methoxy groups -OCH3 is 1. The van der Waals surface area contributed by atoms with Gasteiger partial charge in [0, 0.05) is 41.1 Å². The van der Waals surface area contributed by atoms with E-state index in [1.165, 1.54) is 0 Å². The molecule has 0 saturated heterocycles. The van der Waals surface area contributed by atoms with Crippen LogP contribution in [0.5, 0.6) is 5.75 Å². The molecule has 0 spiro atoms. The van der Waals surface area contributed by atoms with Gasteiger partial charge in [0.2, 0.25) is 0 Å². The van der Waals surface area contributed by atoms with Crippen LogP contribution in [0.4, 0.5) is 10.5 Å². The van der Waals surface area contributed by atoms with E-state index in [2.05, 4.69) is 15.6 Å². The molecule has 0 aliphatic heterocycles. The van der Waals surface area contributed by atoms with Crippen LogP contribution in [0.25, 0.3) is 10.4 Å². The Labute approximate surface area is 144 Å². The van der Waals surface area contributed by atoms with E-state index in [9.17, 15) is 4.79 Å². The van der Waals surface area contributed by atoms with Gasteiger partial charge < -0.3 is 15.4 Å². The molecule has 0 unspecified atom stereocenters. The summed E-state index contributed by atoms with van der Waals surface area (Å²) in [4.78, 5) is 17.4. The molecule has 2 heterocycles. The van der Waals surface area contributed by atoms with Crippen molar-refractivity contribution in [3.63, 3.8) is 0 Å². The van der Waals surface area contributed by atoms with Crippen LogP contribution in [0.2, 0.25) is 0 Å². The number of rotatable bonds is 5. The number of anilines is 1. The van der Waals surface area contributed by atoms with Crippen molar-refractivity contribution in [3.05, 3.63) is 65.8 Å². The van der Waals surface area contributed by atoms with Gasteiger partial charge in [-0.1, -0.05) is 12.1 Å². The number of urea groups is 1. The fourth-order valence-corrected chi connectivity index (χ4v) is 2.93. The minimum absolute atomic E-state index is 0.273. The van der Waals surface area contributed by atoms with Crippen LogP contribution in [0.15, 0.2) is 60.2 Å². The van der Waals surface area contributed by atoms with Gasteiger partial charge in [-0.15, -0.1) is 11.3 Å². The first-order chi connectivity index (χ1) is 11.7. The molecule has 0 saturated carbocycles. The minimum atomic E-state index is -0.273. The predicted octanol–water partition coefficient (Wildman–Crippen LogP) is 4.14. The first kappa shape index (κ1) is 16.0. The molecule has 3 rings (SSSR count). The topological polar surface area (TPSA) is 63.2 Å². The number of thiophene rings is 1. The summed E-state index contributed by atoms with van der Waals surface area (Å²) >= 11 is 1.66. The summed E-state index contributed by atoms with van der Waals surface area (Å²) in [6, 6.07) is 13.0. The highest BCUT2D eigenvalue weighted by molar-refractivity contribution is 7.13. The fourth-order valence-electron chi connectivity index (χ4n) is 2.22. The van der Waals surface area contributed by atoms with E-state index in [1.807, 2.05) is 41.9 Å². The normalized spacial score (nSPS) is 10.2. The summed E-state index contributed by atoms with van der Waals surface area (Å²) in [6.07, 6.45) is 3.58. The van der Waals surface area contributed by atoms with E-state index in [0.29, 0.717) is 18.0 Å². The molecular formula is C18H17N3O2S. The predicted molar refractivity (Wildman–Crippen MR) is 96.4 cm³/mol. The standard InChI is InChI=1S/C18H17N3O2S/c1-23-16-5-2-4-15(9-16)21-18(22)20-11-13-8-14(12-19-10-13)17-6-3-7-24-17/h2-10,12H,11H2,1H3,(H2,20,21,22). The molecule has 0 radical (unpaired) electrons. The number of nitrogens with one attached hydrogen (secondary N) is 2.